The molecule has 3 aromatic rings. The molecule has 258 valence electrons. The van der Waals surface area contributed by atoms with Crippen molar-refractivity contribution in [2.75, 3.05) is 0 Å². The first-order valence-corrected chi connectivity index (χ1v) is 14.5. The monoisotopic (exact) mass is 671 g/mol. The van der Waals surface area contributed by atoms with Gasteiger partial charge in [-0.1, -0.05) is 55.9 Å². The first-order chi connectivity index (χ1) is 22.7. The Morgan fingerprint density at radius 2 is 1.17 bits per heavy atom. The van der Waals surface area contributed by atoms with Gasteiger partial charge in [-0.15, -0.1) is 15.2 Å². The summed E-state index contributed by atoms with van der Waals surface area (Å²) in [5, 5.41) is 8.52. The molecule has 5 rings (SSSR count). The van der Waals surface area contributed by atoms with E-state index in [1.165, 1.54) is 13.8 Å². The van der Waals surface area contributed by atoms with Crippen LogP contribution in [0.5, 0.6) is 5.75 Å². The van der Waals surface area contributed by atoms with E-state index < -0.39 is 41.5 Å². The number of imide groups is 2. The van der Waals surface area contributed by atoms with Crippen molar-refractivity contribution in [1.29, 1.82) is 0 Å². The van der Waals surface area contributed by atoms with Crippen LogP contribution in [0.1, 0.15) is 67.7 Å². The van der Waals surface area contributed by atoms with Crippen molar-refractivity contribution in [2.45, 2.75) is 67.7 Å². The normalized spacial score (nSPS) is 14.5. The summed E-state index contributed by atoms with van der Waals surface area (Å²) < 4.78 is 4.78. The van der Waals surface area contributed by atoms with Crippen LogP contribution in [0.4, 0.5) is 0 Å². The van der Waals surface area contributed by atoms with Gasteiger partial charge in [0.2, 0.25) is 0 Å². The highest BCUT2D eigenvalue weighted by Gasteiger charge is 2.38. The lowest BCUT2D eigenvalue weighted by Gasteiger charge is -2.10. The minimum Gasteiger partial charge on any atom is -0.427 e. The predicted octanol–water partition coefficient (Wildman–Crippen LogP) is 2.52. The molecule has 1 atom stereocenters. The quantitative estimate of drug-likeness (QED) is 0.169. The van der Waals surface area contributed by atoms with Crippen molar-refractivity contribution < 1.29 is 57.6 Å². The Balaban J connectivity index is 0.000000316. The largest absolute Gasteiger partial charge is 0.427 e. The third-order valence-electron chi connectivity index (χ3n) is 5.32. The van der Waals surface area contributed by atoms with Gasteiger partial charge in [0.05, 0.1) is 0 Å². The number of para-hydroxylation sites is 2. The fourth-order valence-corrected chi connectivity index (χ4v) is 3.46. The van der Waals surface area contributed by atoms with E-state index in [0.29, 0.717) is 26.9 Å². The average Bonchev–Trinajstić information content (AvgIpc) is 3.66. The van der Waals surface area contributed by atoms with E-state index >= 15 is 0 Å². The highest BCUT2D eigenvalue weighted by atomic mass is 16.7. The molecule has 0 bridgehead atoms. The van der Waals surface area contributed by atoms with E-state index in [1.807, 2.05) is 44.2 Å². The third kappa shape index (κ3) is 13.6. The molecule has 0 radical (unpaired) electrons. The number of nitrogens with zero attached hydrogens (tertiary/aromatic N) is 5. The maximum absolute atomic E-state index is 11.1. The highest BCUT2D eigenvalue weighted by molar-refractivity contribution is 6.03. The molecule has 0 saturated carbocycles. The molecular formula is C31H37N5O12. The molecule has 2 fully saturated rings. The van der Waals surface area contributed by atoms with E-state index in [-0.39, 0.29) is 31.1 Å². The summed E-state index contributed by atoms with van der Waals surface area (Å²) in [4.78, 5) is 99.9. The first kappa shape index (κ1) is 40.0. The summed E-state index contributed by atoms with van der Waals surface area (Å²) in [6.07, 6.45) is 0.379. The van der Waals surface area contributed by atoms with Crippen molar-refractivity contribution >= 4 is 58.5 Å². The van der Waals surface area contributed by atoms with Gasteiger partial charge in [0.15, 0.2) is 0 Å². The van der Waals surface area contributed by atoms with Crippen LogP contribution < -0.4 is 9.57 Å². The third-order valence-corrected chi connectivity index (χ3v) is 5.32. The Morgan fingerprint density at radius 1 is 0.667 bits per heavy atom. The Morgan fingerprint density at radius 3 is 1.65 bits per heavy atom. The highest BCUT2D eigenvalue weighted by Crippen LogP contribution is 2.18. The maximum Gasteiger partial charge on any atom is 0.332 e. The van der Waals surface area contributed by atoms with Gasteiger partial charge in [-0.2, -0.15) is 0 Å². The van der Waals surface area contributed by atoms with E-state index in [1.54, 1.807) is 31.2 Å². The molecule has 2 aliphatic rings. The lowest BCUT2D eigenvalue weighted by atomic mass is 10.1. The number of hydrogen-bond donors (Lipinski definition) is 0. The predicted molar refractivity (Wildman–Crippen MR) is 164 cm³/mol. The molecule has 1 aromatic heterocycles. The van der Waals surface area contributed by atoms with Crippen LogP contribution in [0.3, 0.4) is 0 Å². The van der Waals surface area contributed by atoms with Crippen LogP contribution in [-0.2, 0) is 48.0 Å². The van der Waals surface area contributed by atoms with Crippen LogP contribution in [0.2, 0.25) is 0 Å². The molecule has 3 heterocycles. The summed E-state index contributed by atoms with van der Waals surface area (Å²) in [5.41, 5.74) is 1.38. The van der Waals surface area contributed by atoms with Crippen LogP contribution in [0.15, 0.2) is 54.6 Å². The van der Waals surface area contributed by atoms with Crippen LogP contribution in [0.25, 0.3) is 11.0 Å². The molecule has 2 aliphatic heterocycles. The minimum atomic E-state index is -0.661. The maximum atomic E-state index is 11.1. The molecular weight excluding hydrogens is 634 g/mol. The second kappa shape index (κ2) is 20.2. The molecule has 0 aliphatic carbocycles. The molecule has 2 saturated heterocycles. The Kier molecular flexibility index (Phi) is 16.8. The van der Waals surface area contributed by atoms with Gasteiger partial charge in [0.1, 0.15) is 16.8 Å². The minimum absolute atomic E-state index is 0.117. The number of carbonyl (C=O) groups is 8. The van der Waals surface area contributed by atoms with Gasteiger partial charge < -0.3 is 19.2 Å². The van der Waals surface area contributed by atoms with E-state index in [4.69, 9.17) is 9.57 Å². The van der Waals surface area contributed by atoms with Gasteiger partial charge in [0, 0.05) is 52.9 Å². The van der Waals surface area contributed by atoms with Gasteiger partial charge in [0.25, 0.3) is 23.6 Å². The molecule has 17 nitrogen and oxygen atoms in total. The Labute approximate surface area is 275 Å². The standard InChI is InChI=1S/C8H7N3O2.C8H8O2.C7H9NO4.C6H7NO4.C2H6/c1-6(12)13-11-8-5-3-2-4-7(8)9-10-11;1-7(9)10-8-5-3-2-4-6-8;1-4-3-6(10)8(7(4)11)12-5(2)9;1-4(8)11-7-5(9)2-3-6(7)10;1-2/h2-5H,1H3;2-6H,1H3;4H,3H2,1-2H3;2-3H2,1H3;1-2H3. The second-order valence-electron chi connectivity index (χ2n) is 9.32. The number of hydrogen-bond acceptors (Lipinski definition) is 14. The van der Waals surface area contributed by atoms with Crippen LogP contribution in [-0.4, -0.2) is 72.8 Å². The van der Waals surface area contributed by atoms with Gasteiger partial charge in [-0.3, -0.25) is 24.0 Å². The molecule has 4 amide bonds. The summed E-state index contributed by atoms with van der Waals surface area (Å²) in [7, 11) is 0. The first-order valence-electron chi connectivity index (χ1n) is 14.5. The smallest absolute Gasteiger partial charge is 0.332 e. The number of benzene rings is 2. The summed E-state index contributed by atoms with van der Waals surface area (Å²) in [6, 6.07) is 16.2. The number of amides is 4. The fraction of sp³-hybridized carbons (Fsp3) is 0.355. The SMILES string of the molecule is CC.CC(=O)ON1C(=O)CC(C)C1=O.CC(=O)ON1C(=O)CCC1=O.CC(=O)Oc1ccccc1.CC(=O)On1nnc2ccccc21. The van der Waals surface area contributed by atoms with Crippen LogP contribution in [0, 0.1) is 5.92 Å². The molecule has 0 spiro atoms. The zero-order valence-corrected chi connectivity index (χ0v) is 27.5. The number of hydroxylamine groups is 4. The number of carbonyl (C=O) groups excluding carboxylic acids is 8. The molecule has 1 unspecified atom stereocenters. The number of rotatable bonds is 4. The van der Waals surface area contributed by atoms with Gasteiger partial charge in [-0.05, 0) is 29.5 Å². The molecule has 2 aromatic carbocycles. The van der Waals surface area contributed by atoms with Crippen molar-refractivity contribution in [3.8, 4) is 5.75 Å². The molecule has 48 heavy (non-hydrogen) atoms. The average molecular weight is 672 g/mol. The number of esters is 1. The Hall–Kier alpha value is -6.00. The van der Waals surface area contributed by atoms with E-state index in [2.05, 4.69) is 20.0 Å². The van der Waals surface area contributed by atoms with Crippen LogP contribution >= 0.6 is 0 Å². The van der Waals surface area contributed by atoms with E-state index in [9.17, 15) is 38.4 Å². The number of aromatic nitrogens is 3. The van der Waals surface area contributed by atoms with Crippen molar-refractivity contribution in [3.63, 3.8) is 0 Å². The second-order valence-corrected chi connectivity index (χ2v) is 9.32. The van der Waals surface area contributed by atoms with E-state index in [0.717, 1.165) is 18.7 Å². The number of ether oxygens (including phenoxy) is 1. The van der Waals surface area contributed by atoms with Crippen molar-refractivity contribution in [1.82, 2.24) is 25.3 Å². The number of fused-ring (bicyclic) bond motifs is 1. The Bertz CT molecular complexity index is 1590. The van der Waals surface area contributed by atoms with Gasteiger partial charge in [-0.25, -0.2) is 14.4 Å². The zero-order chi connectivity index (χ0) is 36.4. The summed E-state index contributed by atoms with van der Waals surface area (Å²) in [6.45, 7) is 10.6. The molecule has 0 N–H and O–H groups in total. The van der Waals surface area contributed by atoms with Crippen molar-refractivity contribution in [2.24, 2.45) is 5.92 Å². The lowest BCUT2D eigenvalue weighted by molar-refractivity contribution is -0.196. The molecule has 17 heteroatoms. The zero-order valence-electron chi connectivity index (χ0n) is 27.5. The van der Waals surface area contributed by atoms with Crippen molar-refractivity contribution in [3.05, 3.63) is 54.6 Å². The summed E-state index contributed by atoms with van der Waals surface area (Å²) >= 11 is 0. The topological polar surface area (TPSA) is 211 Å². The lowest BCUT2D eigenvalue weighted by Crippen LogP contribution is -2.32. The summed E-state index contributed by atoms with van der Waals surface area (Å²) in [5.74, 6) is -3.62. The fourth-order valence-electron chi connectivity index (χ4n) is 3.46. The van der Waals surface area contributed by atoms with Gasteiger partial charge >= 0.3 is 23.9 Å².